The molecule has 2 aromatic rings. The van der Waals surface area contributed by atoms with Crippen LogP contribution >= 0.6 is 0 Å². The van der Waals surface area contributed by atoms with E-state index >= 15 is 0 Å². The van der Waals surface area contributed by atoms with Gasteiger partial charge in [0.15, 0.2) is 5.82 Å². The molecule has 0 radical (unpaired) electrons. The summed E-state index contributed by atoms with van der Waals surface area (Å²) >= 11 is 0. The average molecular weight is 258 g/mol. The SMILES string of the molecule is c1cnnc(N2CCC[C@H]2CNCc2ccn[nH]2)c1. The molecule has 2 N–H and O–H groups in total. The number of nitrogens with zero attached hydrogens (tertiary/aromatic N) is 4. The molecule has 6 nitrogen and oxygen atoms in total. The van der Waals surface area contributed by atoms with Gasteiger partial charge in [-0.25, -0.2) is 0 Å². The van der Waals surface area contributed by atoms with E-state index in [0.29, 0.717) is 6.04 Å². The molecule has 1 aliphatic heterocycles. The molecule has 0 aromatic carbocycles. The van der Waals surface area contributed by atoms with Gasteiger partial charge in [-0.2, -0.15) is 10.2 Å². The van der Waals surface area contributed by atoms with Gasteiger partial charge in [0.25, 0.3) is 0 Å². The Balaban J connectivity index is 1.55. The second-order valence-corrected chi connectivity index (χ2v) is 4.78. The molecular weight excluding hydrogens is 240 g/mol. The van der Waals surface area contributed by atoms with Gasteiger partial charge in [-0.3, -0.25) is 5.10 Å². The lowest BCUT2D eigenvalue weighted by atomic mass is 10.2. The fourth-order valence-electron chi connectivity index (χ4n) is 2.55. The van der Waals surface area contributed by atoms with E-state index in [1.165, 1.54) is 12.8 Å². The standard InChI is InChI=1S/C13H18N6/c1-4-13(18-15-6-1)19-8-2-3-12(19)10-14-9-11-5-7-16-17-11/h1,4-7,12,14H,2-3,8-10H2,(H,16,17)/t12-/m0/s1. The Morgan fingerprint density at radius 2 is 2.37 bits per heavy atom. The van der Waals surface area contributed by atoms with Crippen LogP contribution in [0.2, 0.25) is 0 Å². The maximum absolute atomic E-state index is 4.20. The summed E-state index contributed by atoms with van der Waals surface area (Å²) in [6.45, 7) is 2.84. The molecule has 1 atom stereocenters. The molecule has 6 heteroatoms. The zero-order valence-electron chi connectivity index (χ0n) is 10.8. The second-order valence-electron chi connectivity index (χ2n) is 4.78. The highest BCUT2D eigenvalue weighted by Gasteiger charge is 2.25. The second kappa shape index (κ2) is 5.79. The Labute approximate surface area is 112 Å². The average Bonchev–Trinajstić information content (AvgIpc) is 3.11. The summed E-state index contributed by atoms with van der Waals surface area (Å²) in [7, 11) is 0. The largest absolute Gasteiger partial charge is 0.351 e. The van der Waals surface area contributed by atoms with Crippen molar-refractivity contribution in [3.63, 3.8) is 0 Å². The lowest BCUT2D eigenvalue weighted by Crippen LogP contribution is -2.38. The summed E-state index contributed by atoms with van der Waals surface area (Å²) in [4.78, 5) is 2.34. The zero-order valence-corrected chi connectivity index (χ0v) is 10.8. The van der Waals surface area contributed by atoms with Gasteiger partial charge in [0.2, 0.25) is 0 Å². The number of rotatable bonds is 5. The van der Waals surface area contributed by atoms with Gasteiger partial charge in [0, 0.05) is 43.8 Å². The number of H-pyrrole nitrogens is 1. The number of hydrogen-bond donors (Lipinski definition) is 2. The number of aromatic amines is 1. The van der Waals surface area contributed by atoms with Crippen molar-refractivity contribution in [3.8, 4) is 0 Å². The highest BCUT2D eigenvalue weighted by molar-refractivity contribution is 5.39. The summed E-state index contributed by atoms with van der Waals surface area (Å²) in [5.74, 6) is 0.980. The highest BCUT2D eigenvalue weighted by atomic mass is 15.3. The van der Waals surface area contributed by atoms with E-state index in [-0.39, 0.29) is 0 Å². The monoisotopic (exact) mass is 258 g/mol. The van der Waals surface area contributed by atoms with Crippen LogP contribution in [0.1, 0.15) is 18.5 Å². The topological polar surface area (TPSA) is 69.7 Å². The smallest absolute Gasteiger partial charge is 0.151 e. The quantitative estimate of drug-likeness (QED) is 0.836. The molecule has 1 aliphatic rings. The minimum Gasteiger partial charge on any atom is -0.351 e. The van der Waals surface area contributed by atoms with Gasteiger partial charge in [0.1, 0.15) is 0 Å². The Morgan fingerprint density at radius 1 is 1.37 bits per heavy atom. The van der Waals surface area contributed by atoms with Gasteiger partial charge < -0.3 is 10.2 Å². The molecule has 2 aromatic heterocycles. The van der Waals surface area contributed by atoms with Crippen molar-refractivity contribution in [2.24, 2.45) is 0 Å². The zero-order chi connectivity index (χ0) is 12.9. The van der Waals surface area contributed by atoms with Crippen molar-refractivity contribution in [1.29, 1.82) is 0 Å². The lowest BCUT2D eigenvalue weighted by molar-refractivity contribution is 0.565. The Kier molecular flexibility index (Phi) is 3.69. The van der Waals surface area contributed by atoms with Crippen LogP contribution < -0.4 is 10.2 Å². The predicted octanol–water partition coefficient (Wildman–Crippen LogP) is 0.958. The molecule has 100 valence electrons. The highest BCUT2D eigenvalue weighted by Crippen LogP contribution is 2.22. The first-order valence-electron chi connectivity index (χ1n) is 6.67. The minimum atomic E-state index is 0.500. The van der Waals surface area contributed by atoms with E-state index < -0.39 is 0 Å². The van der Waals surface area contributed by atoms with Crippen molar-refractivity contribution in [2.45, 2.75) is 25.4 Å². The van der Waals surface area contributed by atoms with Crippen LogP contribution in [0.4, 0.5) is 5.82 Å². The van der Waals surface area contributed by atoms with Crippen LogP contribution in [-0.4, -0.2) is 39.5 Å². The number of nitrogens with one attached hydrogen (secondary N) is 2. The third-order valence-corrected chi connectivity index (χ3v) is 3.48. The number of aromatic nitrogens is 4. The molecule has 19 heavy (non-hydrogen) atoms. The Hall–Kier alpha value is -1.95. The van der Waals surface area contributed by atoms with Gasteiger partial charge in [-0.1, -0.05) is 0 Å². The Bertz CT molecular complexity index is 483. The third-order valence-electron chi connectivity index (χ3n) is 3.48. The minimum absolute atomic E-state index is 0.500. The molecular formula is C13H18N6. The van der Waals surface area contributed by atoms with Crippen LogP contribution in [0.25, 0.3) is 0 Å². The first-order valence-corrected chi connectivity index (χ1v) is 6.67. The van der Waals surface area contributed by atoms with E-state index in [1.54, 1.807) is 12.4 Å². The van der Waals surface area contributed by atoms with E-state index in [4.69, 9.17) is 0 Å². The number of hydrogen-bond acceptors (Lipinski definition) is 5. The van der Waals surface area contributed by atoms with E-state index in [9.17, 15) is 0 Å². The summed E-state index contributed by atoms with van der Waals surface area (Å²) in [5.41, 5.74) is 1.11. The van der Waals surface area contributed by atoms with Crippen LogP contribution in [0.5, 0.6) is 0 Å². The lowest BCUT2D eigenvalue weighted by Gasteiger charge is -2.25. The molecule has 0 amide bonds. The van der Waals surface area contributed by atoms with E-state index in [1.807, 2.05) is 18.2 Å². The Morgan fingerprint density at radius 3 is 3.16 bits per heavy atom. The molecule has 0 spiro atoms. The third kappa shape index (κ3) is 2.90. The van der Waals surface area contributed by atoms with Crippen molar-refractivity contribution in [3.05, 3.63) is 36.3 Å². The maximum Gasteiger partial charge on any atom is 0.151 e. The summed E-state index contributed by atoms with van der Waals surface area (Å²) in [6, 6.07) is 6.46. The van der Waals surface area contributed by atoms with E-state index in [2.05, 4.69) is 30.6 Å². The van der Waals surface area contributed by atoms with Crippen LogP contribution in [-0.2, 0) is 6.54 Å². The van der Waals surface area contributed by atoms with Crippen LogP contribution in [0, 0.1) is 0 Å². The first-order chi connectivity index (χ1) is 9.43. The molecule has 3 rings (SSSR count). The van der Waals surface area contributed by atoms with Crippen molar-refractivity contribution >= 4 is 5.82 Å². The van der Waals surface area contributed by atoms with Crippen molar-refractivity contribution in [1.82, 2.24) is 25.7 Å². The fraction of sp³-hybridized carbons (Fsp3) is 0.462. The summed E-state index contributed by atoms with van der Waals surface area (Å²) in [6.07, 6.45) is 5.91. The first kappa shape index (κ1) is 12.1. The summed E-state index contributed by atoms with van der Waals surface area (Å²) in [5, 5.41) is 18.5. The van der Waals surface area contributed by atoms with Crippen molar-refractivity contribution in [2.75, 3.05) is 18.0 Å². The molecule has 0 aliphatic carbocycles. The molecule has 0 saturated carbocycles. The fourth-order valence-corrected chi connectivity index (χ4v) is 2.55. The van der Waals surface area contributed by atoms with Gasteiger partial charge in [0.05, 0.1) is 0 Å². The normalized spacial score (nSPS) is 18.9. The molecule has 0 unspecified atom stereocenters. The molecule has 3 heterocycles. The molecule has 1 saturated heterocycles. The van der Waals surface area contributed by atoms with Crippen LogP contribution in [0.15, 0.2) is 30.6 Å². The van der Waals surface area contributed by atoms with Crippen molar-refractivity contribution < 1.29 is 0 Å². The number of anilines is 1. The van der Waals surface area contributed by atoms with Gasteiger partial charge in [-0.05, 0) is 31.0 Å². The van der Waals surface area contributed by atoms with Gasteiger partial charge in [-0.15, -0.1) is 5.10 Å². The predicted molar refractivity (Wildman–Crippen MR) is 72.7 cm³/mol. The molecule has 0 bridgehead atoms. The maximum atomic E-state index is 4.20. The molecule has 1 fully saturated rings. The summed E-state index contributed by atoms with van der Waals surface area (Å²) < 4.78 is 0. The van der Waals surface area contributed by atoms with Crippen LogP contribution in [0.3, 0.4) is 0 Å². The van der Waals surface area contributed by atoms with E-state index in [0.717, 1.165) is 31.1 Å². The van der Waals surface area contributed by atoms with Gasteiger partial charge >= 0.3 is 0 Å².